The van der Waals surface area contributed by atoms with Crippen LogP contribution in [0.2, 0.25) is 0 Å². The molecule has 1 unspecified atom stereocenters. The van der Waals surface area contributed by atoms with Crippen LogP contribution in [0.15, 0.2) is 96.2 Å². The fraction of sp³-hybridized carbons (Fsp3) is 0.133. The van der Waals surface area contributed by atoms with E-state index in [4.69, 9.17) is 14.5 Å². The molecule has 5 aromatic rings. The maximum absolute atomic E-state index is 13.1. The van der Waals surface area contributed by atoms with E-state index >= 15 is 0 Å². The van der Waals surface area contributed by atoms with Crippen molar-refractivity contribution in [1.29, 1.82) is 0 Å². The number of benzene rings is 4. The van der Waals surface area contributed by atoms with Crippen LogP contribution in [-0.2, 0) is 4.79 Å². The number of ether oxygens (including phenoxy) is 2. The molecule has 0 radical (unpaired) electrons. The van der Waals surface area contributed by atoms with Crippen molar-refractivity contribution >= 4 is 34.1 Å². The molecule has 1 amide bonds. The lowest BCUT2D eigenvalue weighted by Crippen LogP contribution is -2.22. The van der Waals surface area contributed by atoms with Crippen LogP contribution < -0.4 is 14.8 Å². The zero-order valence-corrected chi connectivity index (χ0v) is 21.6. The molecule has 1 heterocycles. The van der Waals surface area contributed by atoms with Crippen LogP contribution in [0, 0.1) is 0 Å². The molecule has 1 aromatic heterocycles. The number of aromatic nitrogens is 2. The third-order valence-electron chi connectivity index (χ3n) is 6.13. The maximum Gasteiger partial charge on any atom is 0.237 e. The lowest BCUT2D eigenvalue weighted by atomic mass is 10.0. The topological polar surface area (TPSA) is 76.2 Å². The number of imidazole rings is 1. The average molecular weight is 510 g/mol. The van der Waals surface area contributed by atoms with Gasteiger partial charge in [-0.1, -0.05) is 48.2 Å². The molecule has 0 bridgehead atoms. The molecule has 186 valence electrons. The fourth-order valence-electron chi connectivity index (χ4n) is 4.12. The molecule has 0 aliphatic rings. The molecule has 0 saturated heterocycles. The smallest absolute Gasteiger partial charge is 0.237 e. The third-order valence-corrected chi connectivity index (χ3v) is 7.11. The Labute approximate surface area is 220 Å². The summed E-state index contributed by atoms with van der Waals surface area (Å²) in [5.41, 5.74) is 4.39. The highest BCUT2D eigenvalue weighted by Gasteiger charge is 2.20. The Balaban J connectivity index is 1.42. The van der Waals surface area contributed by atoms with Gasteiger partial charge in [-0.3, -0.25) is 4.79 Å². The van der Waals surface area contributed by atoms with Gasteiger partial charge in [0.05, 0.1) is 30.9 Å². The molecule has 37 heavy (non-hydrogen) atoms. The van der Waals surface area contributed by atoms with Crippen molar-refractivity contribution in [3.8, 4) is 34.0 Å². The minimum Gasteiger partial charge on any atom is -0.497 e. The first-order chi connectivity index (χ1) is 18.1. The fourth-order valence-corrected chi connectivity index (χ4v) is 4.93. The van der Waals surface area contributed by atoms with Gasteiger partial charge in [-0.25, -0.2) is 4.98 Å². The Kier molecular flexibility index (Phi) is 7.14. The van der Waals surface area contributed by atoms with Crippen molar-refractivity contribution < 1.29 is 14.3 Å². The van der Waals surface area contributed by atoms with Crippen LogP contribution in [0.3, 0.4) is 0 Å². The second kappa shape index (κ2) is 10.8. The predicted molar refractivity (Wildman–Crippen MR) is 150 cm³/mol. The molecule has 0 aliphatic heterocycles. The SMILES string of the molecule is COc1ccc(-c2nc(SC(C)C(=O)Nc3cccc4ccccc34)[nH]c2-c2ccc(OC)cc2)cc1. The molecule has 5 rings (SSSR count). The summed E-state index contributed by atoms with van der Waals surface area (Å²) in [5.74, 6) is 1.47. The van der Waals surface area contributed by atoms with E-state index in [0.29, 0.717) is 5.16 Å². The molecule has 6 nitrogen and oxygen atoms in total. The Morgan fingerprint density at radius 3 is 2.14 bits per heavy atom. The molecule has 0 saturated carbocycles. The van der Waals surface area contributed by atoms with Crippen LogP contribution in [0.25, 0.3) is 33.3 Å². The third kappa shape index (κ3) is 5.32. The molecular formula is C30H27N3O3S. The van der Waals surface area contributed by atoms with E-state index < -0.39 is 0 Å². The highest BCUT2D eigenvalue weighted by Crippen LogP contribution is 2.35. The number of hydrogen-bond acceptors (Lipinski definition) is 5. The largest absolute Gasteiger partial charge is 0.497 e. The van der Waals surface area contributed by atoms with Crippen LogP contribution in [0.1, 0.15) is 6.92 Å². The summed E-state index contributed by atoms with van der Waals surface area (Å²) in [6.45, 7) is 1.88. The number of H-pyrrole nitrogens is 1. The van der Waals surface area contributed by atoms with E-state index in [1.54, 1.807) is 14.2 Å². The van der Waals surface area contributed by atoms with Crippen molar-refractivity contribution in [2.75, 3.05) is 19.5 Å². The Morgan fingerprint density at radius 2 is 1.46 bits per heavy atom. The summed E-state index contributed by atoms with van der Waals surface area (Å²) in [4.78, 5) is 21.5. The molecule has 4 aromatic carbocycles. The summed E-state index contributed by atoms with van der Waals surface area (Å²) in [6, 6.07) is 29.5. The first kappa shape index (κ1) is 24.5. The number of thioether (sulfide) groups is 1. The second-order valence-electron chi connectivity index (χ2n) is 8.50. The Morgan fingerprint density at radius 1 is 0.838 bits per heavy atom. The minimum absolute atomic E-state index is 0.0882. The molecule has 2 N–H and O–H groups in total. The average Bonchev–Trinajstić information content (AvgIpc) is 3.37. The first-order valence-electron chi connectivity index (χ1n) is 11.9. The normalized spacial score (nSPS) is 11.8. The highest BCUT2D eigenvalue weighted by molar-refractivity contribution is 8.00. The Bertz CT molecular complexity index is 1460. The molecule has 0 spiro atoms. The number of carbonyl (C=O) groups excluding carboxylic acids is 1. The van der Waals surface area contributed by atoms with E-state index in [2.05, 4.69) is 10.3 Å². The van der Waals surface area contributed by atoms with Gasteiger partial charge < -0.3 is 19.8 Å². The number of methoxy groups -OCH3 is 2. The predicted octanol–water partition coefficient (Wildman–Crippen LogP) is 7.03. The van der Waals surface area contributed by atoms with E-state index in [-0.39, 0.29) is 11.2 Å². The number of anilines is 1. The van der Waals surface area contributed by atoms with Gasteiger partial charge in [-0.15, -0.1) is 0 Å². The van der Waals surface area contributed by atoms with Crippen molar-refractivity contribution in [3.63, 3.8) is 0 Å². The number of rotatable bonds is 8. The number of nitrogens with one attached hydrogen (secondary N) is 2. The summed E-state index contributed by atoms with van der Waals surface area (Å²) < 4.78 is 10.6. The van der Waals surface area contributed by atoms with Crippen molar-refractivity contribution in [2.24, 2.45) is 0 Å². The number of hydrogen-bond donors (Lipinski definition) is 2. The van der Waals surface area contributed by atoms with E-state index in [1.165, 1.54) is 11.8 Å². The second-order valence-corrected chi connectivity index (χ2v) is 9.83. The number of amides is 1. The van der Waals surface area contributed by atoms with E-state index in [0.717, 1.165) is 50.5 Å². The molecule has 0 aliphatic carbocycles. The molecule has 1 atom stereocenters. The van der Waals surface area contributed by atoms with Gasteiger partial charge in [0, 0.05) is 22.2 Å². The summed E-state index contributed by atoms with van der Waals surface area (Å²) >= 11 is 1.39. The summed E-state index contributed by atoms with van der Waals surface area (Å²) in [6.07, 6.45) is 0. The quantitative estimate of drug-likeness (QED) is 0.220. The number of aromatic amines is 1. The summed E-state index contributed by atoms with van der Waals surface area (Å²) in [5, 5.41) is 5.47. The van der Waals surface area contributed by atoms with E-state index in [1.807, 2.05) is 97.9 Å². The number of nitrogens with zero attached hydrogens (tertiary/aromatic N) is 1. The highest BCUT2D eigenvalue weighted by atomic mass is 32.2. The van der Waals surface area contributed by atoms with Crippen LogP contribution in [0.4, 0.5) is 5.69 Å². The Hall–Kier alpha value is -4.23. The summed E-state index contributed by atoms with van der Waals surface area (Å²) in [7, 11) is 3.29. The number of fused-ring (bicyclic) bond motifs is 1. The van der Waals surface area contributed by atoms with Gasteiger partial charge in [0.2, 0.25) is 5.91 Å². The van der Waals surface area contributed by atoms with Crippen LogP contribution in [0.5, 0.6) is 11.5 Å². The lowest BCUT2D eigenvalue weighted by Gasteiger charge is -2.12. The van der Waals surface area contributed by atoms with E-state index in [9.17, 15) is 4.79 Å². The van der Waals surface area contributed by atoms with Crippen molar-refractivity contribution in [2.45, 2.75) is 17.3 Å². The molecule has 7 heteroatoms. The first-order valence-corrected chi connectivity index (χ1v) is 12.8. The van der Waals surface area contributed by atoms with Gasteiger partial charge in [0.25, 0.3) is 0 Å². The standard InChI is InChI=1S/C30H27N3O3S/c1-19(29(34)31-26-10-6-8-20-7-4-5-9-25(20)26)37-30-32-27(21-11-15-23(35-2)16-12-21)28(33-30)22-13-17-24(36-3)18-14-22/h4-19H,1-3H3,(H,31,34)(H,32,33). The van der Waals surface area contributed by atoms with Gasteiger partial charge in [-0.2, -0.15) is 0 Å². The van der Waals surface area contributed by atoms with Crippen LogP contribution in [-0.4, -0.2) is 35.3 Å². The molecule has 0 fully saturated rings. The van der Waals surface area contributed by atoms with Gasteiger partial charge >= 0.3 is 0 Å². The van der Waals surface area contributed by atoms with Crippen molar-refractivity contribution in [3.05, 3.63) is 91.0 Å². The monoisotopic (exact) mass is 509 g/mol. The maximum atomic E-state index is 13.1. The molecular weight excluding hydrogens is 482 g/mol. The zero-order chi connectivity index (χ0) is 25.8. The lowest BCUT2D eigenvalue weighted by molar-refractivity contribution is -0.115. The van der Waals surface area contributed by atoms with Crippen molar-refractivity contribution in [1.82, 2.24) is 9.97 Å². The zero-order valence-electron chi connectivity index (χ0n) is 20.8. The minimum atomic E-state index is -0.377. The van der Waals surface area contributed by atoms with Gasteiger partial charge in [0.15, 0.2) is 5.16 Å². The van der Waals surface area contributed by atoms with Gasteiger partial charge in [0.1, 0.15) is 11.5 Å². The number of carbonyl (C=O) groups is 1. The van der Waals surface area contributed by atoms with Crippen LogP contribution >= 0.6 is 11.8 Å². The van der Waals surface area contributed by atoms with Gasteiger partial charge in [-0.05, 0) is 66.9 Å².